The molecule has 0 saturated carbocycles. The molecule has 3 heterocycles. The minimum Gasteiger partial charge on any atom is -0.340 e. The largest absolute Gasteiger partial charge is 0.340 e. The van der Waals surface area contributed by atoms with Crippen LogP contribution in [0.25, 0.3) is 0 Å². The molecule has 6 nitrogen and oxygen atoms in total. The van der Waals surface area contributed by atoms with E-state index in [-0.39, 0.29) is 29.6 Å². The van der Waals surface area contributed by atoms with Gasteiger partial charge in [-0.3, -0.25) is 24.2 Å². The molecule has 23 heavy (non-hydrogen) atoms. The van der Waals surface area contributed by atoms with Gasteiger partial charge in [0.1, 0.15) is 0 Å². The van der Waals surface area contributed by atoms with Crippen molar-refractivity contribution in [1.29, 1.82) is 0 Å². The van der Waals surface area contributed by atoms with Gasteiger partial charge in [-0.05, 0) is 11.1 Å². The van der Waals surface area contributed by atoms with Crippen molar-refractivity contribution in [3.8, 4) is 0 Å². The number of fused-ring (bicyclic) bond motifs is 2. The maximum absolute atomic E-state index is 12.5. The predicted octanol–water partition coefficient (Wildman–Crippen LogP) is 0.0754. The van der Waals surface area contributed by atoms with E-state index in [1.54, 1.807) is 4.90 Å². The minimum absolute atomic E-state index is 0.00968. The summed E-state index contributed by atoms with van der Waals surface area (Å²) in [6.07, 6.45) is 0. The number of amides is 3. The molecule has 120 valence electrons. The lowest BCUT2D eigenvalue weighted by Gasteiger charge is -2.22. The molecule has 2 atom stereocenters. The Bertz CT molecular complexity index is 653. The van der Waals surface area contributed by atoms with E-state index in [9.17, 15) is 14.4 Å². The van der Waals surface area contributed by atoms with Gasteiger partial charge < -0.3 is 4.90 Å². The van der Waals surface area contributed by atoms with E-state index in [4.69, 9.17) is 0 Å². The van der Waals surface area contributed by atoms with Gasteiger partial charge in [-0.1, -0.05) is 24.3 Å². The van der Waals surface area contributed by atoms with Crippen molar-refractivity contribution in [2.24, 2.45) is 11.8 Å². The summed E-state index contributed by atoms with van der Waals surface area (Å²) in [6.45, 7) is 2.65. The van der Waals surface area contributed by atoms with E-state index < -0.39 is 0 Å². The smallest absolute Gasteiger partial charge is 0.236 e. The van der Waals surface area contributed by atoms with E-state index >= 15 is 0 Å². The van der Waals surface area contributed by atoms with Crippen molar-refractivity contribution in [1.82, 2.24) is 14.7 Å². The fourth-order valence-corrected chi connectivity index (χ4v) is 3.92. The summed E-state index contributed by atoms with van der Waals surface area (Å²) < 4.78 is 0. The second-order valence-electron chi connectivity index (χ2n) is 6.66. The van der Waals surface area contributed by atoms with E-state index in [1.165, 1.54) is 23.1 Å². The Kier molecular flexibility index (Phi) is 3.23. The van der Waals surface area contributed by atoms with E-state index in [2.05, 4.69) is 17.0 Å². The summed E-state index contributed by atoms with van der Waals surface area (Å²) in [6, 6.07) is 8.21. The monoisotopic (exact) mass is 313 g/mol. The van der Waals surface area contributed by atoms with Crippen LogP contribution in [0.15, 0.2) is 24.3 Å². The molecule has 3 aliphatic rings. The first-order valence-electron chi connectivity index (χ1n) is 7.93. The number of nitrogens with zero attached hydrogens (tertiary/aromatic N) is 3. The maximum Gasteiger partial charge on any atom is 0.236 e. The lowest BCUT2D eigenvalue weighted by Crippen LogP contribution is -2.40. The van der Waals surface area contributed by atoms with Crippen LogP contribution in [0, 0.1) is 11.8 Å². The molecular weight excluding hydrogens is 294 g/mol. The molecule has 1 aromatic rings. The van der Waals surface area contributed by atoms with Crippen LogP contribution >= 0.6 is 0 Å². The molecule has 6 heteroatoms. The summed E-state index contributed by atoms with van der Waals surface area (Å²) in [7, 11) is 1.52. The van der Waals surface area contributed by atoms with Gasteiger partial charge in [0.15, 0.2) is 0 Å². The average molecular weight is 313 g/mol. The van der Waals surface area contributed by atoms with Crippen molar-refractivity contribution < 1.29 is 14.4 Å². The molecule has 0 spiro atoms. The van der Waals surface area contributed by atoms with Crippen LogP contribution < -0.4 is 0 Å². The van der Waals surface area contributed by atoms with Crippen LogP contribution in [0.3, 0.4) is 0 Å². The molecular formula is C17H19N3O3. The number of benzene rings is 1. The molecule has 4 rings (SSSR count). The average Bonchev–Trinajstić information content (AvgIpc) is 3.20. The zero-order valence-electron chi connectivity index (χ0n) is 13.1. The summed E-state index contributed by atoms with van der Waals surface area (Å²) in [4.78, 5) is 41.5. The number of carbonyl (C=O) groups is 3. The third kappa shape index (κ3) is 2.25. The summed E-state index contributed by atoms with van der Waals surface area (Å²) in [5.41, 5.74) is 2.54. The Morgan fingerprint density at radius 2 is 1.57 bits per heavy atom. The zero-order chi connectivity index (χ0) is 16.1. The highest BCUT2D eigenvalue weighted by Crippen LogP contribution is 2.32. The Morgan fingerprint density at radius 3 is 2.09 bits per heavy atom. The van der Waals surface area contributed by atoms with Gasteiger partial charge in [-0.25, -0.2) is 0 Å². The molecule has 0 bridgehead atoms. The number of rotatable bonds is 2. The number of likely N-dealkylation sites (tertiary alicyclic amines) is 2. The van der Waals surface area contributed by atoms with Gasteiger partial charge >= 0.3 is 0 Å². The van der Waals surface area contributed by atoms with Crippen molar-refractivity contribution in [2.75, 3.05) is 26.7 Å². The Labute approximate surface area is 134 Å². The van der Waals surface area contributed by atoms with E-state index in [0.717, 1.165) is 13.1 Å². The fraction of sp³-hybridized carbons (Fsp3) is 0.471. The van der Waals surface area contributed by atoms with E-state index in [0.29, 0.717) is 19.6 Å². The number of imide groups is 1. The number of hydrogen-bond donors (Lipinski definition) is 0. The van der Waals surface area contributed by atoms with Crippen LogP contribution in [0.2, 0.25) is 0 Å². The Balaban J connectivity index is 1.39. The third-order valence-electron chi connectivity index (χ3n) is 5.23. The van der Waals surface area contributed by atoms with Gasteiger partial charge in [-0.15, -0.1) is 0 Å². The maximum atomic E-state index is 12.5. The Hall–Kier alpha value is -2.21. The van der Waals surface area contributed by atoms with Crippen LogP contribution in [-0.2, 0) is 27.5 Å². The minimum atomic E-state index is -0.341. The first kappa shape index (κ1) is 14.4. The van der Waals surface area contributed by atoms with Crippen LogP contribution in [-0.4, -0.2) is 59.1 Å². The van der Waals surface area contributed by atoms with Crippen LogP contribution in [0.1, 0.15) is 11.1 Å². The second kappa shape index (κ2) is 5.16. The summed E-state index contributed by atoms with van der Waals surface area (Å²) >= 11 is 0. The normalized spacial score (nSPS) is 26.8. The van der Waals surface area contributed by atoms with Crippen molar-refractivity contribution in [3.05, 3.63) is 35.4 Å². The molecule has 0 aliphatic carbocycles. The lowest BCUT2D eigenvalue weighted by atomic mass is 10.00. The van der Waals surface area contributed by atoms with Gasteiger partial charge in [0, 0.05) is 33.2 Å². The fourth-order valence-electron chi connectivity index (χ4n) is 3.92. The molecule has 3 amide bonds. The first-order valence-corrected chi connectivity index (χ1v) is 7.93. The SMILES string of the molecule is CN1C(=O)[C@H]2CN(C(=O)CN3Cc4ccccc4C3)C[C@H]2C1=O. The first-order chi connectivity index (χ1) is 11.0. The molecule has 1 aromatic carbocycles. The van der Waals surface area contributed by atoms with Crippen LogP contribution in [0.5, 0.6) is 0 Å². The van der Waals surface area contributed by atoms with Crippen LogP contribution in [0.4, 0.5) is 0 Å². The number of carbonyl (C=O) groups excluding carboxylic acids is 3. The van der Waals surface area contributed by atoms with Gasteiger partial charge in [0.05, 0.1) is 18.4 Å². The topological polar surface area (TPSA) is 60.9 Å². The lowest BCUT2D eigenvalue weighted by molar-refractivity contribution is -0.139. The standard InChI is InChI=1S/C17H19N3O3/c1-18-16(22)13-8-20(9-14(13)17(18)23)15(21)10-19-6-11-4-2-3-5-12(11)7-19/h2-5,13-14H,6-10H2,1H3/t13-,14+. The molecule has 0 unspecified atom stereocenters. The molecule has 2 fully saturated rings. The zero-order valence-corrected chi connectivity index (χ0v) is 13.1. The predicted molar refractivity (Wildman–Crippen MR) is 81.9 cm³/mol. The molecule has 2 saturated heterocycles. The highest BCUT2D eigenvalue weighted by Gasteiger charge is 2.51. The van der Waals surface area contributed by atoms with Gasteiger partial charge in [-0.2, -0.15) is 0 Å². The van der Waals surface area contributed by atoms with Crippen molar-refractivity contribution in [2.45, 2.75) is 13.1 Å². The molecule has 0 N–H and O–H groups in total. The highest BCUT2D eigenvalue weighted by atomic mass is 16.2. The van der Waals surface area contributed by atoms with Crippen molar-refractivity contribution >= 4 is 17.7 Å². The number of hydrogen-bond acceptors (Lipinski definition) is 4. The summed E-state index contributed by atoms with van der Waals surface area (Å²) in [5, 5.41) is 0. The van der Waals surface area contributed by atoms with Gasteiger partial charge in [0.25, 0.3) is 0 Å². The van der Waals surface area contributed by atoms with E-state index in [1.807, 2.05) is 12.1 Å². The molecule has 0 radical (unpaired) electrons. The van der Waals surface area contributed by atoms with Crippen molar-refractivity contribution in [3.63, 3.8) is 0 Å². The second-order valence-corrected chi connectivity index (χ2v) is 6.66. The molecule has 3 aliphatic heterocycles. The summed E-state index contributed by atoms with van der Waals surface area (Å²) in [5.74, 6) is -0.970. The highest BCUT2D eigenvalue weighted by molar-refractivity contribution is 6.06. The third-order valence-corrected chi connectivity index (χ3v) is 5.23. The quantitative estimate of drug-likeness (QED) is 0.725. The molecule has 0 aromatic heterocycles. The Morgan fingerprint density at radius 1 is 1.04 bits per heavy atom. The van der Waals surface area contributed by atoms with Gasteiger partial charge in [0.2, 0.25) is 17.7 Å².